The first-order valence-corrected chi connectivity index (χ1v) is 8.38. The summed E-state index contributed by atoms with van der Waals surface area (Å²) in [5.74, 6) is 0.0725. The lowest BCUT2D eigenvalue weighted by Gasteiger charge is -2.40. The fraction of sp³-hybridized carbons (Fsp3) is 0.611. The minimum Gasteiger partial charge on any atom is -0.370 e. The fourth-order valence-electron chi connectivity index (χ4n) is 3.27. The van der Waals surface area contributed by atoms with Crippen LogP contribution in [0.25, 0.3) is 0 Å². The Bertz CT molecular complexity index is 575. The van der Waals surface area contributed by atoms with Crippen LogP contribution in [0.5, 0.6) is 0 Å². The van der Waals surface area contributed by atoms with Gasteiger partial charge in [0.1, 0.15) is 12.2 Å². The number of carbonyl (C=O) groups excluding carboxylic acids is 1. The van der Waals surface area contributed by atoms with E-state index in [1.165, 1.54) is 16.7 Å². The maximum atomic E-state index is 12.8. The molecule has 0 aromatic heterocycles. The molecule has 2 aliphatic heterocycles. The van der Waals surface area contributed by atoms with Gasteiger partial charge < -0.3 is 19.7 Å². The molecule has 2 fully saturated rings. The lowest BCUT2D eigenvalue weighted by molar-refractivity contribution is -0.158. The van der Waals surface area contributed by atoms with E-state index in [0.29, 0.717) is 26.3 Å². The highest BCUT2D eigenvalue weighted by Gasteiger charge is 2.35. The summed E-state index contributed by atoms with van der Waals surface area (Å²) >= 11 is 0. The minimum absolute atomic E-state index is 0. The van der Waals surface area contributed by atoms with Crippen LogP contribution >= 0.6 is 12.4 Å². The van der Waals surface area contributed by atoms with Crippen molar-refractivity contribution in [1.29, 1.82) is 0 Å². The van der Waals surface area contributed by atoms with Crippen LogP contribution in [0.2, 0.25) is 0 Å². The average Bonchev–Trinajstić information content (AvgIpc) is 2.58. The second kappa shape index (κ2) is 8.30. The highest BCUT2D eigenvalue weighted by Crippen LogP contribution is 2.28. The summed E-state index contributed by atoms with van der Waals surface area (Å²) in [5, 5.41) is 3.23. The van der Waals surface area contributed by atoms with Gasteiger partial charge in [-0.1, -0.05) is 23.8 Å². The van der Waals surface area contributed by atoms with Crippen molar-refractivity contribution in [2.45, 2.75) is 39.0 Å². The third kappa shape index (κ3) is 4.09. The average molecular weight is 355 g/mol. The number of hydrogen-bond acceptors (Lipinski definition) is 4. The largest absolute Gasteiger partial charge is 0.370 e. The second-order valence-corrected chi connectivity index (χ2v) is 6.59. The molecule has 1 aromatic carbocycles. The Labute approximate surface area is 150 Å². The number of hydrogen-bond donors (Lipinski definition) is 1. The first-order chi connectivity index (χ1) is 11.1. The number of nitrogens with zero attached hydrogens (tertiary/aromatic N) is 1. The van der Waals surface area contributed by atoms with Crippen LogP contribution in [-0.2, 0) is 14.3 Å². The smallest absolute Gasteiger partial charge is 0.253 e. The highest BCUT2D eigenvalue weighted by atomic mass is 35.5. The van der Waals surface area contributed by atoms with Gasteiger partial charge in [-0.2, -0.15) is 0 Å². The van der Waals surface area contributed by atoms with E-state index in [1.807, 2.05) is 11.8 Å². The van der Waals surface area contributed by atoms with E-state index in [9.17, 15) is 4.79 Å². The van der Waals surface area contributed by atoms with Crippen LogP contribution < -0.4 is 5.32 Å². The number of morpholine rings is 2. The maximum Gasteiger partial charge on any atom is 0.253 e. The van der Waals surface area contributed by atoms with E-state index in [1.54, 1.807) is 0 Å². The lowest BCUT2D eigenvalue weighted by atomic mass is 9.98. The molecule has 0 aliphatic carbocycles. The van der Waals surface area contributed by atoms with Gasteiger partial charge in [0.15, 0.2) is 0 Å². The van der Waals surface area contributed by atoms with E-state index in [2.05, 4.69) is 37.4 Å². The number of rotatable bonds is 2. The first-order valence-electron chi connectivity index (χ1n) is 8.38. The summed E-state index contributed by atoms with van der Waals surface area (Å²) in [5.41, 5.74) is 3.60. The van der Waals surface area contributed by atoms with E-state index in [-0.39, 0.29) is 36.6 Å². The number of amides is 1. The molecule has 3 unspecified atom stereocenters. The Kier molecular flexibility index (Phi) is 6.63. The third-order valence-corrected chi connectivity index (χ3v) is 4.70. The van der Waals surface area contributed by atoms with Gasteiger partial charge in [-0.3, -0.25) is 4.79 Å². The van der Waals surface area contributed by atoms with Crippen LogP contribution in [0.15, 0.2) is 18.2 Å². The predicted octanol–water partition coefficient (Wildman–Crippen LogP) is 2.00. The van der Waals surface area contributed by atoms with Crippen molar-refractivity contribution in [2.75, 3.05) is 32.8 Å². The van der Waals surface area contributed by atoms with Crippen LogP contribution in [0.4, 0.5) is 0 Å². The number of halogens is 1. The Morgan fingerprint density at radius 1 is 1.29 bits per heavy atom. The van der Waals surface area contributed by atoms with Crippen molar-refractivity contribution in [3.05, 3.63) is 34.9 Å². The zero-order valence-corrected chi connectivity index (χ0v) is 15.4. The number of ether oxygens (including phenoxy) is 2. The van der Waals surface area contributed by atoms with Crippen molar-refractivity contribution in [3.8, 4) is 0 Å². The SMILES string of the molecule is Cc1ccc(C)c(C2CN(C(=O)C3CNCCO3)C(C)CO2)c1.Cl. The molecular weight excluding hydrogens is 328 g/mol. The quantitative estimate of drug-likeness (QED) is 0.882. The molecule has 5 nitrogen and oxygen atoms in total. The number of nitrogens with one attached hydrogen (secondary N) is 1. The Balaban J connectivity index is 0.00000208. The first kappa shape index (κ1) is 19.2. The molecule has 1 amide bonds. The number of carbonyl (C=O) groups is 1. The summed E-state index contributed by atoms with van der Waals surface area (Å²) in [4.78, 5) is 14.7. The van der Waals surface area contributed by atoms with Crippen LogP contribution in [0, 0.1) is 13.8 Å². The van der Waals surface area contributed by atoms with Crippen LogP contribution in [0.3, 0.4) is 0 Å². The summed E-state index contributed by atoms with van der Waals surface area (Å²) < 4.78 is 11.7. The Morgan fingerprint density at radius 3 is 2.79 bits per heavy atom. The topological polar surface area (TPSA) is 50.8 Å². The number of aryl methyl sites for hydroxylation is 2. The van der Waals surface area contributed by atoms with Gasteiger partial charge >= 0.3 is 0 Å². The van der Waals surface area contributed by atoms with Crippen molar-refractivity contribution in [3.63, 3.8) is 0 Å². The molecule has 134 valence electrons. The molecule has 2 heterocycles. The van der Waals surface area contributed by atoms with Gasteiger partial charge in [-0.05, 0) is 31.9 Å². The summed E-state index contributed by atoms with van der Waals surface area (Å²) in [6, 6.07) is 6.47. The summed E-state index contributed by atoms with van der Waals surface area (Å²) in [7, 11) is 0. The van der Waals surface area contributed by atoms with Gasteiger partial charge in [0.25, 0.3) is 5.91 Å². The summed E-state index contributed by atoms with van der Waals surface area (Å²) in [6.45, 7) is 9.36. The zero-order valence-electron chi connectivity index (χ0n) is 14.6. The van der Waals surface area contributed by atoms with E-state index in [4.69, 9.17) is 9.47 Å². The molecule has 1 N–H and O–H groups in total. The van der Waals surface area contributed by atoms with Crippen molar-refractivity contribution < 1.29 is 14.3 Å². The molecule has 0 radical (unpaired) electrons. The van der Waals surface area contributed by atoms with Crippen molar-refractivity contribution in [2.24, 2.45) is 0 Å². The van der Waals surface area contributed by atoms with Gasteiger partial charge in [0.05, 0.1) is 25.8 Å². The van der Waals surface area contributed by atoms with Gasteiger partial charge in [-0.15, -0.1) is 12.4 Å². The summed E-state index contributed by atoms with van der Waals surface area (Å²) in [6.07, 6.45) is -0.435. The van der Waals surface area contributed by atoms with Crippen molar-refractivity contribution >= 4 is 18.3 Å². The van der Waals surface area contributed by atoms with E-state index in [0.717, 1.165) is 6.54 Å². The van der Waals surface area contributed by atoms with Gasteiger partial charge in [0, 0.05) is 13.1 Å². The Morgan fingerprint density at radius 2 is 2.08 bits per heavy atom. The second-order valence-electron chi connectivity index (χ2n) is 6.59. The zero-order chi connectivity index (χ0) is 16.4. The molecule has 0 saturated carbocycles. The Hall–Kier alpha value is -1.14. The van der Waals surface area contributed by atoms with Crippen molar-refractivity contribution in [1.82, 2.24) is 10.2 Å². The van der Waals surface area contributed by atoms with Crippen LogP contribution in [0.1, 0.15) is 29.7 Å². The molecule has 6 heteroatoms. The molecule has 2 saturated heterocycles. The molecule has 0 bridgehead atoms. The number of benzene rings is 1. The molecular formula is C18H27ClN2O3. The maximum absolute atomic E-state index is 12.8. The van der Waals surface area contributed by atoms with Crippen LogP contribution in [-0.4, -0.2) is 55.8 Å². The monoisotopic (exact) mass is 354 g/mol. The molecule has 24 heavy (non-hydrogen) atoms. The standard InChI is InChI=1S/C18H26N2O3.ClH/c1-12-4-5-13(2)15(8-12)17-10-20(14(3)11-23-17)18(21)16-9-19-6-7-22-16;/h4-5,8,14,16-17,19H,6-7,9-11H2,1-3H3;1H. The molecule has 0 spiro atoms. The van der Waals surface area contributed by atoms with Gasteiger partial charge in [-0.25, -0.2) is 0 Å². The van der Waals surface area contributed by atoms with Gasteiger partial charge in [0.2, 0.25) is 0 Å². The molecule has 2 aliphatic rings. The predicted molar refractivity (Wildman–Crippen MR) is 95.6 cm³/mol. The fourth-order valence-corrected chi connectivity index (χ4v) is 3.27. The third-order valence-electron chi connectivity index (χ3n) is 4.70. The normalized spacial score (nSPS) is 27.5. The molecule has 3 atom stereocenters. The molecule has 1 aromatic rings. The van der Waals surface area contributed by atoms with E-state index < -0.39 is 0 Å². The van der Waals surface area contributed by atoms with E-state index >= 15 is 0 Å². The minimum atomic E-state index is -0.372. The highest BCUT2D eigenvalue weighted by molar-refractivity contribution is 5.85. The molecule has 3 rings (SSSR count). The lowest BCUT2D eigenvalue weighted by Crippen LogP contribution is -2.55.